The zero-order valence-corrected chi connectivity index (χ0v) is 12.4. The molecule has 2 N–H and O–H groups in total. The first-order valence-electron chi connectivity index (χ1n) is 7.20. The predicted molar refractivity (Wildman–Crippen MR) is 74.9 cm³/mol. The van der Waals surface area contributed by atoms with Crippen molar-refractivity contribution in [2.75, 3.05) is 33.4 Å². The third kappa shape index (κ3) is 4.50. The Hall–Kier alpha value is -0.160. The highest BCUT2D eigenvalue weighted by molar-refractivity contribution is 4.86. The second-order valence-electron chi connectivity index (χ2n) is 5.81. The number of hydrogen-bond donors (Lipinski definition) is 2. The van der Waals surface area contributed by atoms with Crippen LogP contribution in [0.15, 0.2) is 0 Å². The Labute approximate surface area is 112 Å². The molecule has 0 amide bonds. The number of nitrogens with zero attached hydrogens (tertiary/aromatic N) is 1. The Kier molecular flexibility index (Phi) is 6.57. The molecule has 1 heterocycles. The van der Waals surface area contributed by atoms with Crippen molar-refractivity contribution < 1.29 is 9.84 Å². The van der Waals surface area contributed by atoms with Crippen LogP contribution in [0.2, 0.25) is 0 Å². The van der Waals surface area contributed by atoms with Crippen molar-refractivity contribution in [3.63, 3.8) is 0 Å². The van der Waals surface area contributed by atoms with E-state index in [-0.39, 0.29) is 12.1 Å². The van der Waals surface area contributed by atoms with Crippen molar-refractivity contribution in [1.29, 1.82) is 0 Å². The molecule has 0 radical (unpaired) electrons. The van der Waals surface area contributed by atoms with Crippen LogP contribution >= 0.6 is 0 Å². The largest absolute Gasteiger partial charge is 0.394 e. The van der Waals surface area contributed by atoms with Gasteiger partial charge in [0.25, 0.3) is 0 Å². The molecule has 1 fully saturated rings. The summed E-state index contributed by atoms with van der Waals surface area (Å²) >= 11 is 0. The molecular formula is C14H30N2O2. The number of hydrogen-bond acceptors (Lipinski definition) is 4. The minimum Gasteiger partial charge on any atom is -0.394 e. The SMILES string of the molecule is CCCNC(C)(CO)CCN(C)C1CCOC1C. The minimum absolute atomic E-state index is 0.160. The number of ether oxygens (including phenoxy) is 1. The van der Waals surface area contributed by atoms with Crippen molar-refractivity contribution in [2.24, 2.45) is 0 Å². The van der Waals surface area contributed by atoms with Crippen LogP contribution in [0.1, 0.15) is 40.0 Å². The molecule has 0 aromatic rings. The lowest BCUT2D eigenvalue weighted by molar-refractivity contribution is 0.0764. The van der Waals surface area contributed by atoms with Gasteiger partial charge in [0.2, 0.25) is 0 Å². The summed E-state index contributed by atoms with van der Waals surface area (Å²) in [4.78, 5) is 2.37. The highest BCUT2D eigenvalue weighted by atomic mass is 16.5. The summed E-state index contributed by atoms with van der Waals surface area (Å²) in [6.45, 7) is 9.42. The molecule has 0 aromatic carbocycles. The molecule has 0 bridgehead atoms. The molecule has 0 spiro atoms. The summed E-state index contributed by atoms with van der Waals surface area (Å²) in [6.07, 6.45) is 3.51. The van der Waals surface area contributed by atoms with Crippen molar-refractivity contribution in [2.45, 2.75) is 57.7 Å². The first-order valence-corrected chi connectivity index (χ1v) is 7.20. The first kappa shape index (κ1) is 15.9. The van der Waals surface area contributed by atoms with Crippen molar-refractivity contribution in [1.82, 2.24) is 10.2 Å². The van der Waals surface area contributed by atoms with E-state index in [1.165, 1.54) is 0 Å². The van der Waals surface area contributed by atoms with Crippen LogP contribution in [0, 0.1) is 0 Å². The van der Waals surface area contributed by atoms with Gasteiger partial charge in [-0.1, -0.05) is 6.92 Å². The van der Waals surface area contributed by atoms with Crippen molar-refractivity contribution >= 4 is 0 Å². The second-order valence-corrected chi connectivity index (χ2v) is 5.81. The predicted octanol–water partition coefficient (Wildman–Crippen LogP) is 1.24. The van der Waals surface area contributed by atoms with Crippen LogP contribution < -0.4 is 5.32 Å². The maximum absolute atomic E-state index is 9.54. The van der Waals surface area contributed by atoms with Gasteiger partial charge in [-0.25, -0.2) is 0 Å². The van der Waals surface area contributed by atoms with Crippen LogP contribution in [0.5, 0.6) is 0 Å². The standard InChI is InChI=1S/C14H30N2O2/c1-5-8-15-14(3,11-17)7-9-16(4)13-6-10-18-12(13)2/h12-13,15,17H,5-11H2,1-4H3. The highest BCUT2D eigenvalue weighted by Crippen LogP contribution is 2.19. The molecule has 1 aliphatic rings. The molecule has 0 aliphatic carbocycles. The van der Waals surface area contributed by atoms with E-state index in [0.717, 1.165) is 39.0 Å². The maximum atomic E-state index is 9.54. The fraction of sp³-hybridized carbons (Fsp3) is 1.00. The lowest BCUT2D eigenvalue weighted by Gasteiger charge is -2.33. The molecule has 18 heavy (non-hydrogen) atoms. The second kappa shape index (κ2) is 7.43. The van der Waals surface area contributed by atoms with Gasteiger partial charge in [0.05, 0.1) is 12.7 Å². The quantitative estimate of drug-likeness (QED) is 0.687. The van der Waals surface area contributed by atoms with E-state index in [9.17, 15) is 5.11 Å². The Bertz CT molecular complexity index is 238. The molecule has 1 rings (SSSR count). The van der Waals surface area contributed by atoms with Crippen LogP contribution in [-0.4, -0.2) is 61.0 Å². The molecule has 1 aliphatic heterocycles. The van der Waals surface area contributed by atoms with E-state index in [4.69, 9.17) is 4.74 Å². The van der Waals surface area contributed by atoms with Crippen LogP contribution in [0.25, 0.3) is 0 Å². The van der Waals surface area contributed by atoms with Gasteiger partial charge in [-0.3, -0.25) is 0 Å². The fourth-order valence-corrected chi connectivity index (χ4v) is 2.54. The Morgan fingerprint density at radius 1 is 1.50 bits per heavy atom. The lowest BCUT2D eigenvalue weighted by Crippen LogP contribution is -2.49. The van der Waals surface area contributed by atoms with Gasteiger partial charge < -0.3 is 20.1 Å². The number of aliphatic hydroxyl groups excluding tert-OH is 1. The first-order chi connectivity index (χ1) is 8.52. The Morgan fingerprint density at radius 2 is 2.22 bits per heavy atom. The summed E-state index contributed by atoms with van der Waals surface area (Å²) in [5, 5.41) is 13.0. The number of nitrogens with one attached hydrogen (secondary N) is 1. The fourth-order valence-electron chi connectivity index (χ4n) is 2.54. The third-order valence-electron chi connectivity index (χ3n) is 4.07. The maximum Gasteiger partial charge on any atom is 0.0702 e. The minimum atomic E-state index is -0.160. The summed E-state index contributed by atoms with van der Waals surface area (Å²) < 4.78 is 5.60. The zero-order chi connectivity index (χ0) is 13.6. The van der Waals surface area contributed by atoms with Crippen molar-refractivity contribution in [3.05, 3.63) is 0 Å². The van der Waals surface area contributed by atoms with Gasteiger partial charge in [0.15, 0.2) is 0 Å². The van der Waals surface area contributed by atoms with E-state index < -0.39 is 0 Å². The topological polar surface area (TPSA) is 44.7 Å². The highest BCUT2D eigenvalue weighted by Gasteiger charge is 2.29. The van der Waals surface area contributed by atoms with Gasteiger partial charge in [-0.15, -0.1) is 0 Å². The number of rotatable bonds is 8. The normalized spacial score (nSPS) is 27.7. The smallest absolute Gasteiger partial charge is 0.0702 e. The van der Waals surface area contributed by atoms with Crippen LogP contribution in [0.3, 0.4) is 0 Å². The summed E-state index contributed by atoms with van der Waals surface area (Å²) in [7, 11) is 2.16. The van der Waals surface area contributed by atoms with Gasteiger partial charge >= 0.3 is 0 Å². The van der Waals surface area contributed by atoms with Crippen LogP contribution in [0.4, 0.5) is 0 Å². The Balaban J connectivity index is 2.37. The average Bonchev–Trinajstić information content (AvgIpc) is 2.80. The monoisotopic (exact) mass is 258 g/mol. The summed E-state index contributed by atoms with van der Waals surface area (Å²) in [6, 6.07) is 0.527. The summed E-state index contributed by atoms with van der Waals surface area (Å²) in [5.74, 6) is 0. The molecular weight excluding hydrogens is 228 g/mol. The third-order valence-corrected chi connectivity index (χ3v) is 4.07. The van der Waals surface area contributed by atoms with Crippen LogP contribution in [-0.2, 0) is 4.74 Å². The van der Waals surface area contributed by atoms with E-state index >= 15 is 0 Å². The van der Waals surface area contributed by atoms with Gasteiger partial charge in [-0.2, -0.15) is 0 Å². The van der Waals surface area contributed by atoms with E-state index in [2.05, 4.69) is 38.0 Å². The number of likely N-dealkylation sites (N-methyl/N-ethyl adjacent to an activating group) is 1. The molecule has 3 atom stereocenters. The lowest BCUT2D eigenvalue weighted by atomic mass is 9.97. The average molecular weight is 258 g/mol. The molecule has 0 saturated carbocycles. The van der Waals surface area contributed by atoms with Crippen molar-refractivity contribution in [3.8, 4) is 0 Å². The molecule has 3 unspecified atom stereocenters. The number of aliphatic hydroxyl groups is 1. The van der Waals surface area contributed by atoms with Gasteiger partial charge in [-0.05, 0) is 46.7 Å². The molecule has 1 saturated heterocycles. The zero-order valence-electron chi connectivity index (χ0n) is 12.4. The summed E-state index contributed by atoms with van der Waals surface area (Å²) in [5.41, 5.74) is -0.160. The van der Waals surface area contributed by atoms with Gasteiger partial charge in [0, 0.05) is 24.7 Å². The van der Waals surface area contributed by atoms with E-state index in [1.54, 1.807) is 0 Å². The van der Waals surface area contributed by atoms with E-state index in [0.29, 0.717) is 12.1 Å². The molecule has 0 aromatic heterocycles. The molecule has 108 valence electrons. The molecule has 4 heteroatoms. The van der Waals surface area contributed by atoms with E-state index in [1.807, 2.05) is 0 Å². The molecule has 4 nitrogen and oxygen atoms in total. The van der Waals surface area contributed by atoms with Gasteiger partial charge in [0.1, 0.15) is 0 Å². The Morgan fingerprint density at radius 3 is 2.72 bits per heavy atom.